The van der Waals surface area contributed by atoms with Gasteiger partial charge in [0, 0.05) is 37.6 Å². The van der Waals surface area contributed by atoms with Crippen molar-refractivity contribution in [2.24, 2.45) is 0 Å². The number of hydrogen-bond donors (Lipinski definition) is 1. The minimum absolute atomic E-state index is 0.121. The fourth-order valence-corrected chi connectivity index (χ4v) is 6.43. The normalized spacial score (nSPS) is 26.8. The Kier molecular flexibility index (Phi) is 6.27. The van der Waals surface area contributed by atoms with Gasteiger partial charge in [0.15, 0.2) is 6.10 Å². The van der Waals surface area contributed by atoms with E-state index in [2.05, 4.69) is 13.1 Å². The molecular formula is C22H27N2O3S2+. The van der Waals surface area contributed by atoms with E-state index in [4.69, 9.17) is 4.74 Å². The average molecular weight is 432 g/mol. The Balaban J connectivity index is 1.68. The topological polar surface area (TPSA) is 51.1 Å². The number of nitrogens with zero attached hydrogens (tertiary/aromatic N) is 1. The molecule has 1 fully saturated rings. The molecule has 0 aliphatic carbocycles. The molecule has 1 aromatic heterocycles. The van der Waals surface area contributed by atoms with Gasteiger partial charge in [-0.15, -0.1) is 11.8 Å². The quantitative estimate of drug-likeness (QED) is 0.740. The molecule has 154 valence electrons. The largest absolute Gasteiger partial charge is 0.451 e. The van der Waals surface area contributed by atoms with Gasteiger partial charge in [-0.1, -0.05) is 12.1 Å². The molecule has 0 bridgehead atoms. The van der Waals surface area contributed by atoms with E-state index in [0.717, 1.165) is 22.6 Å². The number of para-hydroxylation sites is 1. The third kappa shape index (κ3) is 4.37. The minimum atomic E-state index is -0.826. The van der Waals surface area contributed by atoms with Gasteiger partial charge in [-0.2, -0.15) is 11.3 Å². The van der Waals surface area contributed by atoms with Crippen LogP contribution in [0.4, 0.5) is 5.69 Å². The Labute approximate surface area is 180 Å². The maximum atomic E-state index is 13.7. The zero-order valence-electron chi connectivity index (χ0n) is 16.8. The maximum absolute atomic E-state index is 13.7. The number of amides is 1. The van der Waals surface area contributed by atoms with Crippen molar-refractivity contribution in [3.63, 3.8) is 0 Å². The van der Waals surface area contributed by atoms with Gasteiger partial charge < -0.3 is 14.5 Å². The highest BCUT2D eigenvalue weighted by Crippen LogP contribution is 2.47. The maximum Gasteiger partial charge on any atom is 0.303 e. The van der Waals surface area contributed by atoms with Gasteiger partial charge in [0.25, 0.3) is 5.91 Å². The summed E-state index contributed by atoms with van der Waals surface area (Å²) < 4.78 is 5.62. The van der Waals surface area contributed by atoms with Crippen LogP contribution in [0.1, 0.15) is 37.0 Å². The first-order valence-electron chi connectivity index (χ1n) is 10.1. The van der Waals surface area contributed by atoms with Crippen LogP contribution in [-0.2, 0) is 14.3 Å². The van der Waals surface area contributed by atoms with Gasteiger partial charge in [-0.05, 0) is 34.5 Å². The van der Waals surface area contributed by atoms with Crippen molar-refractivity contribution in [1.29, 1.82) is 0 Å². The van der Waals surface area contributed by atoms with Crippen LogP contribution in [0.25, 0.3) is 0 Å². The number of benzene rings is 1. The number of carbonyl (C=O) groups is 2. The summed E-state index contributed by atoms with van der Waals surface area (Å²) in [5.41, 5.74) is 1.95. The zero-order chi connectivity index (χ0) is 20.4. The first kappa shape index (κ1) is 20.4. The van der Waals surface area contributed by atoms with E-state index < -0.39 is 12.1 Å². The highest BCUT2D eigenvalue weighted by molar-refractivity contribution is 7.99. The molecular weight excluding hydrogens is 404 g/mol. The molecule has 4 atom stereocenters. The summed E-state index contributed by atoms with van der Waals surface area (Å²) in [6, 6.07) is 10.6. The molecule has 0 radical (unpaired) electrons. The van der Waals surface area contributed by atoms with Crippen LogP contribution >= 0.6 is 23.1 Å². The van der Waals surface area contributed by atoms with Crippen molar-refractivity contribution in [1.82, 2.24) is 0 Å². The number of ether oxygens (including phenoxy) is 1. The van der Waals surface area contributed by atoms with Crippen molar-refractivity contribution in [2.45, 2.75) is 48.5 Å². The summed E-state index contributed by atoms with van der Waals surface area (Å²) in [6.07, 6.45) is 2.57. The second kappa shape index (κ2) is 8.90. The lowest BCUT2D eigenvalue weighted by Crippen LogP contribution is -3.10. The summed E-state index contributed by atoms with van der Waals surface area (Å²) >= 11 is 3.20. The van der Waals surface area contributed by atoms with Gasteiger partial charge in [-0.3, -0.25) is 9.59 Å². The lowest BCUT2D eigenvalue weighted by Gasteiger charge is -2.28. The Bertz CT molecular complexity index is 871. The molecule has 7 heteroatoms. The van der Waals surface area contributed by atoms with Crippen molar-refractivity contribution in [3.05, 3.63) is 46.7 Å². The second-order valence-electron chi connectivity index (χ2n) is 7.81. The summed E-state index contributed by atoms with van der Waals surface area (Å²) in [5, 5.41) is 3.79. The Hall–Kier alpha value is -1.83. The first-order valence-corrected chi connectivity index (χ1v) is 12.0. The number of nitrogens with one attached hydrogen (secondary N) is 1. The first-order chi connectivity index (χ1) is 14.0. The van der Waals surface area contributed by atoms with Gasteiger partial charge in [-0.25, -0.2) is 0 Å². The van der Waals surface area contributed by atoms with Crippen LogP contribution < -0.4 is 9.80 Å². The molecule has 2 aliphatic rings. The van der Waals surface area contributed by atoms with E-state index >= 15 is 0 Å². The van der Waals surface area contributed by atoms with Gasteiger partial charge in [0.2, 0.25) is 0 Å². The van der Waals surface area contributed by atoms with Crippen LogP contribution in [0, 0.1) is 0 Å². The second-order valence-corrected chi connectivity index (χ2v) is 9.77. The van der Waals surface area contributed by atoms with E-state index in [-0.39, 0.29) is 11.2 Å². The third-order valence-corrected chi connectivity index (χ3v) is 7.95. The Morgan fingerprint density at radius 2 is 2.14 bits per heavy atom. The number of likely N-dealkylation sites (tertiary alicyclic amines) is 1. The molecule has 2 aromatic rings. The molecule has 4 rings (SSSR count). The fraction of sp³-hybridized carbons (Fsp3) is 0.455. The van der Waals surface area contributed by atoms with E-state index in [9.17, 15) is 9.59 Å². The molecule has 3 heterocycles. The highest BCUT2D eigenvalue weighted by atomic mass is 32.2. The molecule has 2 unspecified atom stereocenters. The molecule has 5 nitrogen and oxygen atoms in total. The monoisotopic (exact) mass is 431 g/mol. The van der Waals surface area contributed by atoms with Gasteiger partial charge in [0.1, 0.15) is 0 Å². The molecule has 2 aliphatic heterocycles. The van der Waals surface area contributed by atoms with Crippen LogP contribution in [0.3, 0.4) is 0 Å². The summed E-state index contributed by atoms with van der Waals surface area (Å²) in [6.45, 7) is 3.22. The Morgan fingerprint density at radius 1 is 1.31 bits per heavy atom. The summed E-state index contributed by atoms with van der Waals surface area (Å²) in [4.78, 5) is 30.0. The highest BCUT2D eigenvalue weighted by Gasteiger charge is 2.41. The van der Waals surface area contributed by atoms with E-state index in [0.29, 0.717) is 12.6 Å². The van der Waals surface area contributed by atoms with E-state index in [1.165, 1.54) is 26.3 Å². The summed E-state index contributed by atoms with van der Waals surface area (Å²) in [5.74, 6) is -0.542. The predicted molar refractivity (Wildman–Crippen MR) is 117 cm³/mol. The Morgan fingerprint density at radius 3 is 2.83 bits per heavy atom. The zero-order valence-corrected chi connectivity index (χ0v) is 18.4. The number of carbonyl (C=O) groups excluding carboxylic acids is 2. The molecule has 0 spiro atoms. The van der Waals surface area contributed by atoms with Crippen molar-refractivity contribution in [3.8, 4) is 0 Å². The van der Waals surface area contributed by atoms with Crippen LogP contribution in [0.5, 0.6) is 0 Å². The van der Waals surface area contributed by atoms with E-state index in [1.54, 1.807) is 28.0 Å². The average Bonchev–Trinajstić information content (AvgIpc) is 3.35. The molecule has 1 saturated heterocycles. The number of rotatable bonds is 5. The number of thiophene rings is 1. The number of anilines is 1. The SMILES string of the molecule is CC(=O)O[C@H]1C(=O)N(CCC2CCC[NH+]2C)c2ccccc2S[C@H]1c1ccsc1. The van der Waals surface area contributed by atoms with Crippen LogP contribution in [0.15, 0.2) is 46.0 Å². The van der Waals surface area contributed by atoms with Crippen LogP contribution in [0.2, 0.25) is 0 Å². The van der Waals surface area contributed by atoms with Crippen molar-refractivity contribution < 1.29 is 19.2 Å². The number of esters is 1. The minimum Gasteiger partial charge on any atom is -0.451 e. The molecule has 0 saturated carbocycles. The van der Waals surface area contributed by atoms with Gasteiger partial charge in [0.05, 0.1) is 30.6 Å². The number of fused-ring (bicyclic) bond motifs is 1. The van der Waals surface area contributed by atoms with E-state index in [1.807, 2.05) is 39.9 Å². The molecule has 1 amide bonds. The lowest BCUT2D eigenvalue weighted by molar-refractivity contribution is -0.892. The number of hydrogen-bond acceptors (Lipinski definition) is 5. The number of quaternary nitrogens is 1. The molecule has 1 N–H and O–H groups in total. The van der Waals surface area contributed by atoms with Crippen LogP contribution in [-0.4, -0.2) is 44.2 Å². The standard InChI is InChI=1S/C22H26N2O3S2/c1-15(25)27-20-21(16-10-13-28-14-16)29-19-8-4-3-7-18(19)24(22(20)26)12-9-17-6-5-11-23(17)2/h3-4,7-8,10,13-14,17,20-21H,5-6,9,11-12H2,1-2H3/p+1/t17?,20-,21+/m1/s1. The van der Waals surface area contributed by atoms with Crippen molar-refractivity contribution >= 4 is 40.7 Å². The third-order valence-electron chi connectivity index (χ3n) is 5.88. The number of thioether (sulfide) groups is 1. The molecule has 1 aromatic carbocycles. The van der Waals surface area contributed by atoms with Gasteiger partial charge >= 0.3 is 5.97 Å². The fourth-order valence-electron chi connectivity index (χ4n) is 4.34. The lowest BCUT2D eigenvalue weighted by atomic mass is 10.1. The smallest absolute Gasteiger partial charge is 0.303 e. The predicted octanol–water partition coefficient (Wildman–Crippen LogP) is 2.93. The molecule has 29 heavy (non-hydrogen) atoms. The van der Waals surface area contributed by atoms with Crippen molar-refractivity contribution in [2.75, 3.05) is 25.0 Å². The summed E-state index contributed by atoms with van der Waals surface area (Å²) in [7, 11) is 2.24.